The summed E-state index contributed by atoms with van der Waals surface area (Å²) in [6, 6.07) is 0. The number of aromatic nitrogens is 2. The molecule has 0 atom stereocenters. The topological polar surface area (TPSA) is 61.4 Å². The second-order valence-corrected chi connectivity index (χ2v) is 5.68. The molecule has 0 saturated carbocycles. The van der Waals surface area contributed by atoms with Crippen molar-refractivity contribution in [3.8, 4) is 0 Å². The highest BCUT2D eigenvalue weighted by molar-refractivity contribution is 5.76. The second kappa shape index (κ2) is 8.06. The lowest BCUT2D eigenvalue weighted by Crippen LogP contribution is -2.49. The first-order valence-electron chi connectivity index (χ1n) is 7.76. The van der Waals surface area contributed by atoms with Crippen LogP contribution in [0, 0.1) is 0 Å². The monoisotopic (exact) mass is 385 g/mol. The minimum absolute atomic E-state index is 0.0626. The number of hydrogen-bond acceptors (Lipinski definition) is 5. The van der Waals surface area contributed by atoms with Crippen molar-refractivity contribution in [1.29, 1.82) is 0 Å². The molecule has 146 valence electrons. The molecule has 1 N–H and O–H groups in total. The summed E-state index contributed by atoms with van der Waals surface area (Å²) in [6.45, 7) is 0.00499. The number of piperazine rings is 1. The Morgan fingerprint density at radius 1 is 1.04 bits per heavy atom. The smallest absolute Gasteiger partial charge is 0.339 e. The quantitative estimate of drug-likeness (QED) is 0.618. The van der Waals surface area contributed by atoms with E-state index in [1.165, 1.54) is 4.90 Å². The van der Waals surface area contributed by atoms with Crippen molar-refractivity contribution in [2.24, 2.45) is 0 Å². The van der Waals surface area contributed by atoms with Crippen molar-refractivity contribution < 1.29 is 31.1 Å². The van der Waals surface area contributed by atoms with Gasteiger partial charge in [-0.1, -0.05) is 0 Å². The van der Waals surface area contributed by atoms with E-state index in [-0.39, 0.29) is 24.8 Å². The average Bonchev–Trinajstić information content (AvgIpc) is 2.57. The SMILES string of the molecule is O=C(CCNCC(F)(F)F)N1CCN(c2ncc(C(F)(F)F)cn2)CC1. The number of alkyl halides is 6. The Morgan fingerprint density at radius 2 is 1.62 bits per heavy atom. The maximum absolute atomic E-state index is 12.5. The largest absolute Gasteiger partial charge is 0.419 e. The molecule has 1 fully saturated rings. The van der Waals surface area contributed by atoms with Crippen LogP contribution in [-0.4, -0.2) is 66.2 Å². The molecule has 1 aliphatic heterocycles. The minimum Gasteiger partial charge on any atom is -0.339 e. The molecule has 0 bridgehead atoms. The van der Waals surface area contributed by atoms with Gasteiger partial charge < -0.3 is 15.1 Å². The summed E-state index contributed by atoms with van der Waals surface area (Å²) in [7, 11) is 0. The van der Waals surface area contributed by atoms with Crippen LogP contribution in [0.2, 0.25) is 0 Å². The van der Waals surface area contributed by atoms with Crippen molar-refractivity contribution in [3.05, 3.63) is 18.0 Å². The van der Waals surface area contributed by atoms with E-state index in [9.17, 15) is 31.1 Å². The third kappa shape index (κ3) is 6.00. The van der Waals surface area contributed by atoms with E-state index in [4.69, 9.17) is 0 Å². The summed E-state index contributed by atoms with van der Waals surface area (Å²) in [5.41, 5.74) is -0.943. The van der Waals surface area contributed by atoms with Gasteiger partial charge in [-0.2, -0.15) is 26.3 Å². The van der Waals surface area contributed by atoms with Crippen LogP contribution in [0.1, 0.15) is 12.0 Å². The average molecular weight is 385 g/mol. The summed E-state index contributed by atoms with van der Waals surface area (Å²) < 4.78 is 73.4. The van der Waals surface area contributed by atoms with Gasteiger partial charge in [0, 0.05) is 51.5 Å². The number of hydrogen-bond donors (Lipinski definition) is 1. The molecule has 0 radical (unpaired) electrons. The number of rotatable bonds is 5. The lowest BCUT2D eigenvalue weighted by molar-refractivity contribution is -0.138. The Kier molecular flexibility index (Phi) is 6.26. The lowest BCUT2D eigenvalue weighted by Gasteiger charge is -2.34. The van der Waals surface area contributed by atoms with Gasteiger partial charge in [-0.15, -0.1) is 0 Å². The van der Waals surface area contributed by atoms with Gasteiger partial charge in [-0.3, -0.25) is 4.79 Å². The molecule has 2 heterocycles. The van der Waals surface area contributed by atoms with Crippen molar-refractivity contribution in [2.75, 3.05) is 44.2 Å². The summed E-state index contributed by atoms with van der Waals surface area (Å²) in [5.74, 6) is -0.149. The molecule has 1 aromatic rings. The fourth-order valence-corrected chi connectivity index (χ4v) is 2.37. The molecule has 0 spiro atoms. The predicted octanol–water partition coefficient (Wildman–Crippen LogP) is 1.69. The molecule has 26 heavy (non-hydrogen) atoms. The number of nitrogens with zero attached hydrogens (tertiary/aromatic N) is 4. The van der Waals surface area contributed by atoms with Crippen molar-refractivity contribution >= 4 is 11.9 Å². The highest BCUT2D eigenvalue weighted by atomic mass is 19.4. The van der Waals surface area contributed by atoms with Crippen LogP contribution in [0.25, 0.3) is 0 Å². The van der Waals surface area contributed by atoms with Crippen LogP contribution in [0.4, 0.5) is 32.3 Å². The fourth-order valence-electron chi connectivity index (χ4n) is 2.37. The zero-order valence-corrected chi connectivity index (χ0v) is 13.6. The molecule has 0 unspecified atom stereocenters. The van der Waals surface area contributed by atoms with E-state index < -0.39 is 24.5 Å². The van der Waals surface area contributed by atoms with Crippen LogP contribution >= 0.6 is 0 Å². The highest BCUT2D eigenvalue weighted by Crippen LogP contribution is 2.28. The number of nitrogens with one attached hydrogen (secondary N) is 1. The molecule has 2 rings (SSSR count). The first-order chi connectivity index (χ1) is 12.1. The summed E-state index contributed by atoms with van der Waals surface area (Å²) in [6.07, 6.45) is -7.49. The molecule has 1 aliphatic rings. The number of carbonyl (C=O) groups excluding carboxylic acids is 1. The molecule has 0 aromatic carbocycles. The van der Waals surface area contributed by atoms with Crippen LogP contribution in [-0.2, 0) is 11.0 Å². The maximum Gasteiger partial charge on any atom is 0.419 e. The number of carbonyl (C=O) groups is 1. The third-order valence-electron chi connectivity index (χ3n) is 3.72. The number of halogens is 6. The molecule has 1 amide bonds. The van der Waals surface area contributed by atoms with Crippen LogP contribution in [0.3, 0.4) is 0 Å². The first-order valence-corrected chi connectivity index (χ1v) is 7.76. The van der Waals surface area contributed by atoms with Gasteiger partial charge in [0.15, 0.2) is 0 Å². The van der Waals surface area contributed by atoms with Gasteiger partial charge in [0.1, 0.15) is 0 Å². The van der Waals surface area contributed by atoms with E-state index in [1.807, 2.05) is 0 Å². The normalized spacial score (nSPS) is 16.1. The first kappa shape index (κ1) is 20.2. The lowest BCUT2D eigenvalue weighted by atomic mass is 10.2. The zero-order valence-electron chi connectivity index (χ0n) is 13.6. The van der Waals surface area contributed by atoms with E-state index in [0.29, 0.717) is 38.6 Å². The minimum atomic E-state index is -4.51. The molecule has 1 saturated heterocycles. The molecule has 1 aromatic heterocycles. The second-order valence-electron chi connectivity index (χ2n) is 5.68. The molecule has 6 nitrogen and oxygen atoms in total. The standard InChI is InChI=1S/C14H17F6N5O/c15-13(16,17)9-21-2-1-11(26)24-3-5-25(6-4-24)12-22-7-10(8-23-12)14(18,19)20/h7-8,21H,1-6,9H2. The van der Waals surface area contributed by atoms with E-state index in [1.54, 1.807) is 4.90 Å². The summed E-state index contributed by atoms with van der Waals surface area (Å²) >= 11 is 0. The van der Waals surface area contributed by atoms with Gasteiger partial charge in [0.05, 0.1) is 12.1 Å². The predicted molar refractivity (Wildman–Crippen MR) is 79.4 cm³/mol. The van der Waals surface area contributed by atoms with Crippen LogP contribution in [0.15, 0.2) is 12.4 Å². The molecule has 0 aliphatic carbocycles. The number of amides is 1. The third-order valence-corrected chi connectivity index (χ3v) is 3.72. The van der Waals surface area contributed by atoms with Crippen molar-refractivity contribution in [2.45, 2.75) is 18.8 Å². The van der Waals surface area contributed by atoms with Gasteiger partial charge in [0.2, 0.25) is 11.9 Å². The van der Waals surface area contributed by atoms with Gasteiger partial charge in [-0.05, 0) is 0 Å². The van der Waals surface area contributed by atoms with Gasteiger partial charge in [-0.25, -0.2) is 9.97 Å². The Morgan fingerprint density at radius 3 is 2.12 bits per heavy atom. The van der Waals surface area contributed by atoms with Crippen molar-refractivity contribution in [3.63, 3.8) is 0 Å². The van der Waals surface area contributed by atoms with E-state index in [2.05, 4.69) is 15.3 Å². The van der Waals surface area contributed by atoms with Crippen molar-refractivity contribution in [1.82, 2.24) is 20.2 Å². The maximum atomic E-state index is 12.5. The highest BCUT2D eigenvalue weighted by Gasteiger charge is 2.32. The molecule has 12 heteroatoms. The summed E-state index contributed by atoms with van der Waals surface area (Å²) in [5, 5.41) is 2.15. The van der Waals surface area contributed by atoms with Gasteiger partial charge >= 0.3 is 12.4 Å². The van der Waals surface area contributed by atoms with E-state index in [0.717, 1.165) is 0 Å². The van der Waals surface area contributed by atoms with Crippen LogP contribution in [0.5, 0.6) is 0 Å². The number of anilines is 1. The van der Waals surface area contributed by atoms with Gasteiger partial charge in [0.25, 0.3) is 0 Å². The Bertz CT molecular complexity index is 595. The Labute approximate surface area is 145 Å². The fraction of sp³-hybridized carbons (Fsp3) is 0.643. The Balaban J connectivity index is 1.77. The van der Waals surface area contributed by atoms with E-state index >= 15 is 0 Å². The Hall–Kier alpha value is -2.11. The zero-order chi connectivity index (χ0) is 19.4. The summed E-state index contributed by atoms with van der Waals surface area (Å²) in [4.78, 5) is 22.5. The molecular weight excluding hydrogens is 368 g/mol. The van der Waals surface area contributed by atoms with Crippen LogP contribution < -0.4 is 10.2 Å². The molecular formula is C14H17F6N5O.